The molecule has 0 heterocycles. The molecule has 5 heteroatoms. The summed E-state index contributed by atoms with van der Waals surface area (Å²) in [6.07, 6.45) is 0.731. The zero-order chi connectivity index (χ0) is 16.5. The molecular weight excluding hydrogens is 296 g/mol. The van der Waals surface area contributed by atoms with Crippen LogP contribution in [-0.4, -0.2) is 33.4 Å². The summed E-state index contributed by atoms with van der Waals surface area (Å²) < 4.78 is 21.0. The number of hydrogen-bond acceptors (Lipinski definition) is 5. The van der Waals surface area contributed by atoms with E-state index in [1.54, 1.807) is 31.4 Å². The fourth-order valence-electron chi connectivity index (χ4n) is 1.94. The third-order valence-corrected chi connectivity index (χ3v) is 3.14. The molecule has 2 aromatic carbocycles. The number of methoxy groups -OCH3 is 2. The lowest BCUT2D eigenvalue weighted by Gasteiger charge is -2.09. The van der Waals surface area contributed by atoms with Crippen molar-refractivity contribution in [3.8, 4) is 17.2 Å². The van der Waals surface area contributed by atoms with E-state index in [2.05, 4.69) is 4.74 Å². The number of esters is 1. The van der Waals surface area contributed by atoms with E-state index >= 15 is 0 Å². The molecule has 0 N–H and O–H groups in total. The van der Waals surface area contributed by atoms with Crippen molar-refractivity contribution in [2.45, 2.75) is 6.42 Å². The van der Waals surface area contributed by atoms with E-state index in [9.17, 15) is 4.79 Å². The highest BCUT2D eigenvalue weighted by atomic mass is 16.5. The minimum atomic E-state index is -0.377. The molecule has 5 nitrogen and oxygen atoms in total. The lowest BCUT2D eigenvalue weighted by atomic mass is 10.2. The summed E-state index contributed by atoms with van der Waals surface area (Å²) in [5.74, 6) is 1.85. The zero-order valence-electron chi connectivity index (χ0n) is 13.3. The Morgan fingerprint density at radius 1 is 0.870 bits per heavy atom. The Morgan fingerprint density at radius 2 is 1.52 bits per heavy atom. The third-order valence-electron chi connectivity index (χ3n) is 3.14. The standard InChI is InChI=1S/C18H20O5/c1-20-15-7-9-16(10-8-15)22-11-4-12-23-17-6-3-5-14(13-17)18(19)21-2/h3,5-10,13H,4,11-12H2,1-2H3. The van der Waals surface area contributed by atoms with Crippen molar-refractivity contribution in [2.75, 3.05) is 27.4 Å². The molecule has 0 amide bonds. The van der Waals surface area contributed by atoms with E-state index in [1.807, 2.05) is 24.3 Å². The summed E-state index contributed by atoms with van der Waals surface area (Å²) in [6.45, 7) is 1.05. The van der Waals surface area contributed by atoms with Gasteiger partial charge in [-0.05, 0) is 42.5 Å². The minimum Gasteiger partial charge on any atom is -0.497 e. The minimum absolute atomic E-state index is 0.377. The second-order valence-corrected chi connectivity index (χ2v) is 4.75. The quantitative estimate of drug-likeness (QED) is 0.552. The first-order valence-electron chi connectivity index (χ1n) is 7.31. The number of hydrogen-bond donors (Lipinski definition) is 0. The smallest absolute Gasteiger partial charge is 0.337 e. The SMILES string of the molecule is COC(=O)c1cccc(OCCCOc2ccc(OC)cc2)c1. The fourth-order valence-corrected chi connectivity index (χ4v) is 1.94. The van der Waals surface area contributed by atoms with Gasteiger partial charge in [-0.25, -0.2) is 4.79 Å². The highest BCUT2D eigenvalue weighted by Crippen LogP contribution is 2.17. The number of rotatable bonds is 8. The van der Waals surface area contributed by atoms with Gasteiger partial charge in [-0.15, -0.1) is 0 Å². The molecule has 0 radical (unpaired) electrons. The molecule has 0 aliphatic heterocycles. The zero-order valence-corrected chi connectivity index (χ0v) is 13.3. The molecule has 0 bridgehead atoms. The van der Waals surface area contributed by atoms with Crippen molar-refractivity contribution >= 4 is 5.97 Å². The molecule has 0 saturated carbocycles. The third kappa shape index (κ3) is 5.21. The van der Waals surface area contributed by atoms with Gasteiger partial charge in [-0.2, -0.15) is 0 Å². The maximum Gasteiger partial charge on any atom is 0.337 e. The molecule has 0 unspecified atom stereocenters. The molecular formula is C18H20O5. The summed E-state index contributed by atoms with van der Waals surface area (Å²) in [4.78, 5) is 11.4. The Hall–Kier alpha value is -2.69. The summed E-state index contributed by atoms with van der Waals surface area (Å²) in [6, 6.07) is 14.3. The van der Waals surface area contributed by atoms with Crippen molar-refractivity contribution in [2.24, 2.45) is 0 Å². The maximum atomic E-state index is 11.4. The van der Waals surface area contributed by atoms with Gasteiger partial charge in [0, 0.05) is 6.42 Å². The summed E-state index contributed by atoms with van der Waals surface area (Å²) in [7, 11) is 2.98. The predicted molar refractivity (Wildman–Crippen MR) is 86.4 cm³/mol. The van der Waals surface area contributed by atoms with E-state index in [0.717, 1.165) is 17.9 Å². The van der Waals surface area contributed by atoms with Gasteiger partial charge in [0.2, 0.25) is 0 Å². The lowest BCUT2D eigenvalue weighted by molar-refractivity contribution is 0.0600. The Labute approximate surface area is 135 Å². The van der Waals surface area contributed by atoms with Crippen molar-refractivity contribution in [1.29, 1.82) is 0 Å². The first kappa shape index (κ1) is 16.7. The van der Waals surface area contributed by atoms with Gasteiger partial charge in [0.15, 0.2) is 0 Å². The second kappa shape index (κ2) is 8.68. The number of carbonyl (C=O) groups excluding carboxylic acids is 1. The average molecular weight is 316 g/mol. The summed E-state index contributed by atoms with van der Waals surface area (Å²) >= 11 is 0. The number of carbonyl (C=O) groups is 1. The van der Waals surface area contributed by atoms with E-state index in [-0.39, 0.29) is 5.97 Å². The van der Waals surface area contributed by atoms with Crippen LogP contribution in [0.4, 0.5) is 0 Å². The number of ether oxygens (including phenoxy) is 4. The van der Waals surface area contributed by atoms with Crippen LogP contribution in [0.1, 0.15) is 16.8 Å². The molecule has 2 aromatic rings. The molecule has 0 atom stereocenters. The molecule has 0 saturated heterocycles. The fraction of sp³-hybridized carbons (Fsp3) is 0.278. The van der Waals surface area contributed by atoms with Crippen molar-refractivity contribution in [3.05, 3.63) is 54.1 Å². The van der Waals surface area contributed by atoms with Crippen molar-refractivity contribution < 1.29 is 23.7 Å². The Morgan fingerprint density at radius 3 is 2.17 bits per heavy atom. The average Bonchev–Trinajstić information content (AvgIpc) is 2.61. The Kier molecular flexibility index (Phi) is 6.29. The normalized spacial score (nSPS) is 10.0. The first-order chi connectivity index (χ1) is 11.2. The topological polar surface area (TPSA) is 54.0 Å². The van der Waals surface area contributed by atoms with Gasteiger partial charge in [0.25, 0.3) is 0 Å². The molecule has 122 valence electrons. The van der Waals surface area contributed by atoms with Crippen LogP contribution in [0.15, 0.2) is 48.5 Å². The largest absolute Gasteiger partial charge is 0.497 e. The monoisotopic (exact) mass is 316 g/mol. The van der Waals surface area contributed by atoms with E-state index < -0.39 is 0 Å². The highest BCUT2D eigenvalue weighted by Gasteiger charge is 2.06. The van der Waals surface area contributed by atoms with E-state index in [4.69, 9.17) is 14.2 Å². The Balaban J connectivity index is 1.71. The van der Waals surface area contributed by atoms with Crippen LogP contribution in [0.25, 0.3) is 0 Å². The molecule has 23 heavy (non-hydrogen) atoms. The van der Waals surface area contributed by atoms with Gasteiger partial charge in [0.05, 0.1) is 33.0 Å². The van der Waals surface area contributed by atoms with Crippen LogP contribution in [0, 0.1) is 0 Å². The highest BCUT2D eigenvalue weighted by molar-refractivity contribution is 5.89. The van der Waals surface area contributed by atoms with Crippen LogP contribution in [0.3, 0.4) is 0 Å². The van der Waals surface area contributed by atoms with Gasteiger partial charge in [0.1, 0.15) is 17.2 Å². The van der Waals surface area contributed by atoms with E-state index in [0.29, 0.717) is 24.5 Å². The summed E-state index contributed by atoms with van der Waals surface area (Å²) in [5, 5.41) is 0. The second-order valence-electron chi connectivity index (χ2n) is 4.75. The molecule has 0 aromatic heterocycles. The van der Waals surface area contributed by atoms with E-state index in [1.165, 1.54) is 7.11 Å². The van der Waals surface area contributed by atoms with Gasteiger partial charge < -0.3 is 18.9 Å². The Bertz CT molecular complexity index is 622. The molecule has 0 spiro atoms. The number of benzene rings is 2. The maximum absolute atomic E-state index is 11.4. The first-order valence-corrected chi connectivity index (χ1v) is 7.31. The van der Waals surface area contributed by atoms with Crippen molar-refractivity contribution in [1.82, 2.24) is 0 Å². The van der Waals surface area contributed by atoms with Crippen LogP contribution < -0.4 is 14.2 Å². The lowest BCUT2D eigenvalue weighted by Crippen LogP contribution is -2.06. The molecule has 2 rings (SSSR count). The van der Waals surface area contributed by atoms with Crippen LogP contribution in [-0.2, 0) is 4.74 Å². The molecule has 0 fully saturated rings. The van der Waals surface area contributed by atoms with Gasteiger partial charge in [-0.3, -0.25) is 0 Å². The van der Waals surface area contributed by atoms with Crippen LogP contribution in [0.2, 0.25) is 0 Å². The van der Waals surface area contributed by atoms with Crippen LogP contribution >= 0.6 is 0 Å². The molecule has 0 aliphatic carbocycles. The predicted octanol–water partition coefficient (Wildman–Crippen LogP) is 3.33. The van der Waals surface area contributed by atoms with Gasteiger partial charge in [-0.1, -0.05) is 6.07 Å². The van der Waals surface area contributed by atoms with Crippen LogP contribution in [0.5, 0.6) is 17.2 Å². The molecule has 0 aliphatic rings. The summed E-state index contributed by atoms with van der Waals surface area (Å²) in [5.41, 5.74) is 0.472. The van der Waals surface area contributed by atoms with Crippen molar-refractivity contribution in [3.63, 3.8) is 0 Å². The van der Waals surface area contributed by atoms with Gasteiger partial charge >= 0.3 is 5.97 Å².